The van der Waals surface area contributed by atoms with Gasteiger partial charge in [0.1, 0.15) is 0 Å². The summed E-state index contributed by atoms with van der Waals surface area (Å²) in [6.45, 7) is 4.74. The number of amides is 1. The van der Waals surface area contributed by atoms with Crippen LogP contribution in [0, 0.1) is 18.8 Å². The Morgan fingerprint density at radius 1 is 1.38 bits per heavy atom. The zero-order valence-corrected chi connectivity index (χ0v) is 12.4. The first kappa shape index (κ1) is 15.3. The molecular formula is C17H21NO3. The number of carbonyl (C=O) groups is 2. The number of carboxylic acid groups (broad SMARTS) is 1. The van der Waals surface area contributed by atoms with Gasteiger partial charge in [0, 0.05) is 18.2 Å². The summed E-state index contributed by atoms with van der Waals surface area (Å²) >= 11 is 0. The fourth-order valence-electron chi connectivity index (χ4n) is 2.40. The third kappa shape index (κ3) is 4.74. The molecule has 1 aliphatic rings. The van der Waals surface area contributed by atoms with Crippen LogP contribution in [0.15, 0.2) is 24.3 Å². The number of aliphatic carboxylic acids is 1. The SMILES string of the molecule is Cc1cc(/C=C/C(=O)O)cc(C(=O)NCC(C)C2CC2)c1. The van der Waals surface area contributed by atoms with E-state index < -0.39 is 5.97 Å². The minimum Gasteiger partial charge on any atom is -0.478 e. The lowest BCUT2D eigenvalue weighted by atomic mass is 10.0. The number of hydrogen-bond acceptors (Lipinski definition) is 2. The Morgan fingerprint density at radius 3 is 2.71 bits per heavy atom. The van der Waals surface area contributed by atoms with E-state index in [1.54, 1.807) is 6.07 Å². The van der Waals surface area contributed by atoms with E-state index in [9.17, 15) is 9.59 Å². The number of nitrogens with one attached hydrogen (secondary N) is 1. The largest absolute Gasteiger partial charge is 0.478 e. The van der Waals surface area contributed by atoms with E-state index in [0.29, 0.717) is 18.0 Å². The topological polar surface area (TPSA) is 66.4 Å². The molecule has 0 radical (unpaired) electrons. The highest BCUT2D eigenvalue weighted by molar-refractivity contribution is 5.95. The first-order valence-electron chi connectivity index (χ1n) is 7.26. The number of benzene rings is 1. The van der Waals surface area contributed by atoms with Crippen LogP contribution in [0.5, 0.6) is 0 Å². The lowest BCUT2D eigenvalue weighted by molar-refractivity contribution is -0.131. The van der Waals surface area contributed by atoms with Crippen LogP contribution in [0.3, 0.4) is 0 Å². The molecule has 0 heterocycles. The monoisotopic (exact) mass is 287 g/mol. The molecular weight excluding hydrogens is 266 g/mol. The summed E-state index contributed by atoms with van der Waals surface area (Å²) in [5.74, 6) is 0.180. The summed E-state index contributed by atoms with van der Waals surface area (Å²) < 4.78 is 0. The van der Waals surface area contributed by atoms with Crippen molar-refractivity contribution >= 4 is 18.0 Å². The molecule has 1 aliphatic carbocycles. The quantitative estimate of drug-likeness (QED) is 0.791. The second-order valence-electron chi connectivity index (χ2n) is 5.83. The Balaban J connectivity index is 2.03. The fraction of sp³-hybridized carbons (Fsp3) is 0.412. The summed E-state index contributed by atoms with van der Waals surface area (Å²) in [5.41, 5.74) is 2.23. The number of carboxylic acids is 1. The van der Waals surface area contributed by atoms with Gasteiger partial charge in [0.2, 0.25) is 0 Å². The summed E-state index contributed by atoms with van der Waals surface area (Å²) in [6.07, 6.45) is 5.11. The van der Waals surface area contributed by atoms with Crippen LogP contribution in [0.25, 0.3) is 6.08 Å². The average molecular weight is 287 g/mol. The minimum absolute atomic E-state index is 0.101. The van der Waals surface area contributed by atoms with Crippen LogP contribution in [0.2, 0.25) is 0 Å². The maximum atomic E-state index is 12.2. The number of rotatable bonds is 6. The van der Waals surface area contributed by atoms with E-state index in [0.717, 1.165) is 23.1 Å². The van der Waals surface area contributed by atoms with Crippen molar-refractivity contribution in [1.82, 2.24) is 5.32 Å². The predicted molar refractivity (Wildman–Crippen MR) is 82.1 cm³/mol. The van der Waals surface area contributed by atoms with Crippen molar-refractivity contribution in [2.45, 2.75) is 26.7 Å². The molecule has 0 aliphatic heterocycles. The Bertz CT molecular complexity index is 573. The van der Waals surface area contributed by atoms with E-state index in [4.69, 9.17) is 5.11 Å². The first-order chi connectivity index (χ1) is 9.95. The molecule has 1 unspecified atom stereocenters. The van der Waals surface area contributed by atoms with Gasteiger partial charge in [-0.3, -0.25) is 4.79 Å². The zero-order valence-electron chi connectivity index (χ0n) is 12.4. The van der Waals surface area contributed by atoms with Crippen molar-refractivity contribution in [3.63, 3.8) is 0 Å². The highest BCUT2D eigenvalue weighted by atomic mass is 16.4. The van der Waals surface area contributed by atoms with Crippen molar-refractivity contribution < 1.29 is 14.7 Å². The van der Waals surface area contributed by atoms with Crippen molar-refractivity contribution in [2.24, 2.45) is 11.8 Å². The lowest BCUT2D eigenvalue weighted by Gasteiger charge is -2.12. The van der Waals surface area contributed by atoms with E-state index in [1.807, 2.05) is 19.1 Å². The van der Waals surface area contributed by atoms with Gasteiger partial charge in [0.05, 0.1) is 0 Å². The molecule has 0 bridgehead atoms. The molecule has 0 spiro atoms. The number of carbonyl (C=O) groups excluding carboxylic acids is 1. The molecule has 1 aromatic rings. The van der Waals surface area contributed by atoms with Gasteiger partial charge in [0.15, 0.2) is 0 Å². The zero-order chi connectivity index (χ0) is 15.4. The van der Waals surface area contributed by atoms with E-state index in [1.165, 1.54) is 18.9 Å². The summed E-state index contributed by atoms with van der Waals surface area (Å²) in [5, 5.41) is 11.6. The Labute approximate surface area is 124 Å². The summed E-state index contributed by atoms with van der Waals surface area (Å²) in [6, 6.07) is 5.38. The molecule has 0 aromatic heterocycles. The molecule has 2 rings (SSSR count). The van der Waals surface area contributed by atoms with Crippen LogP contribution in [0.1, 0.15) is 41.3 Å². The number of hydrogen-bond donors (Lipinski definition) is 2. The van der Waals surface area contributed by atoms with Crippen LogP contribution in [-0.2, 0) is 4.79 Å². The third-order valence-electron chi connectivity index (χ3n) is 3.79. The second kappa shape index (κ2) is 6.57. The summed E-state index contributed by atoms with van der Waals surface area (Å²) in [4.78, 5) is 22.7. The van der Waals surface area contributed by atoms with Crippen molar-refractivity contribution in [3.8, 4) is 0 Å². The molecule has 0 saturated heterocycles. The molecule has 112 valence electrons. The van der Waals surface area contributed by atoms with Crippen LogP contribution < -0.4 is 5.32 Å². The maximum Gasteiger partial charge on any atom is 0.328 e. The van der Waals surface area contributed by atoms with Gasteiger partial charge in [-0.05, 0) is 60.9 Å². The molecule has 21 heavy (non-hydrogen) atoms. The van der Waals surface area contributed by atoms with Crippen molar-refractivity contribution in [2.75, 3.05) is 6.54 Å². The van der Waals surface area contributed by atoms with Crippen LogP contribution >= 0.6 is 0 Å². The van der Waals surface area contributed by atoms with E-state index in [2.05, 4.69) is 12.2 Å². The Hall–Kier alpha value is -2.10. The normalized spacial score (nSPS) is 15.9. The minimum atomic E-state index is -0.999. The fourth-order valence-corrected chi connectivity index (χ4v) is 2.40. The van der Waals surface area contributed by atoms with Gasteiger partial charge in [-0.2, -0.15) is 0 Å². The Kier molecular flexibility index (Phi) is 4.78. The molecule has 1 aromatic carbocycles. The second-order valence-corrected chi connectivity index (χ2v) is 5.83. The molecule has 1 fully saturated rings. The number of aryl methyl sites for hydroxylation is 1. The highest BCUT2D eigenvalue weighted by Gasteiger charge is 2.27. The Morgan fingerprint density at radius 2 is 2.10 bits per heavy atom. The van der Waals surface area contributed by atoms with Gasteiger partial charge < -0.3 is 10.4 Å². The van der Waals surface area contributed by atoms with Crippen LogP contribution in [0.4, 0.5) is 0 Å². The third-order valence-corrected chi connectivity index (χ3v) is 3.79. The van der Waals surface area contributed by atoms with Gasteiger partial charge in [-0.25, -0.2) is 4.79 Å². The molecule has 1 amide bonds. The van der Waals surface area contributed by atoms with E-state index >= 15 is 0 Å². The first-order valence-corrected chi connectivity index (χ1v) is 7.26. The van der Waals surface area contributed by atoms with Gasteiger partial charge in [-0.1, -0.05) is 13.0 Å². The smallest absolute Gasteiger partial charge is 0.328 e. The van der Waals surface area contributed by atoms with Gasteiger partial charge in [0.25, 0.3) is 5.91 Å². The predicted octanol–water partition coefficient (Wildman–Crippen LogP) is 2.87. The summed E-state index contributed by atoms with van der Waals surface area (Å²) in [7, 11) is 0. The average Bonchev–Trinajstić information content (AvgIpc) is 3.26. The molecule has 2 N–H and O–H groups in total. The van der Waals surface area contributed by atoms with E-state index in [-0.39, 0.29) is 5.91 Å². The highest BCUT2D eigenvalue weighted by Crippen LogP contribution is 2.36. The molecule has 1 atom stereocenters. The maximum absolute atomic E-state index is 12.2. The van der Waals surface area contributed by atoms with Crippen LogP contribution in [-0.4, -0.2) is 23.5 Å². The molecule has 4 nitrogen and oxygen atoms in total. The molecule has 4 heteroatoms. The van der Waals surface area contributed by atoms with Gasteiger partial charge in [-0.15, -0.1) is 0 Å². The molecule has 1 saturated carbocycles. The van der Waals surface area contributed by atoms with Crippen molar-refractivity contribution in [1.29, 1.82) is 0 Å². The van der Waals surface area contributed by atoms with Crippen molar-refractivity contribution in [3.05, 3.63) is 41.0 Å². The lowest BCUT2D eigenvalue weighted by Crippen LogP contribution is -2.29. The van der Waals surface area contributed by atoms with Gasteiger partial charge >= 0.3 is 5.97 Å². The standard InChI is InChI=1S/C17H21NO3/c1-11-7-13(3-6-16(19)20)9-15(8-11)17(21)18-10-12(2)14-4-5-14/h3,6-9,12,14H,4-5,10H2,1-2H3,(H,18,21)(H,19,20)/b6-3+.